The summed E-state index contributed by atoms with van der Waals surface area (Å²) in [6.07, 6.45) is 2.22. The van der Waals surface area contributed by atoms with Crippen molar-refractivity contribution in [1.29, 1.82) is 0 Å². The Morgan fingerprint density at radius 1 is 1.70 bits per heavy atom. The highest BCUT2D eigenvalue weighted by atomic mass is 16.7. The Hall–Kier alpha value is -1.16. The smallest absolute Gasteiger partial charge is 0.228 e. The van der Waals surface area contributed by atoms with Crippen LogP contribution in [-0.4, -0.2) is 25.0 Å². The van der Waals surface area contributed by atoms with Gasteiger partial charge in [0.2, 0.25) is 5.78 Å². The van der Waals surface area contributed by atoms with Gasteiger partial charge in [0.15, 0.2) is 13.1 Å². The first kappa shape index (κ1) is 6.95. The molecule has 0 saturated carbocycles. The Morgan fingerprint density at radius 2 is 2.50 bits per heavy atom. The van der Waals surface area contributed by atoms with Crippen LogP contribution in [0, 0.1) is 0 Å². The number of aldehydes is 1. The normalized spacial score (nSPS) is 23.4. The average molecular weight is 142 g/mol. The van der Waals surface area contributed by atoms with E-state index >= 15 is 0 Å². The summed E-state index contributed by atoms with van der Waals surface area (Å²) in [4.78, 5) is 20.5. The summed E-state index contributed by atoms with van der Waals surface area (Å²) in [5.74, 6) is -0.584. The molecule has 0 spiro atoms. The summed E-state index contributed by atoms with van der Waals surface area (Å²) in [6.45, 7) is 0.0285. The predicted octanol–water partition coefficient (Wildman–Crippen LogP) is -0.359. The lowest BCUT2D eigenvalue weighted by atomic mass is 10.2. The maximum absolute atomic E-state index is 10.6. The van der Waals surface area contributed by atoms with Gasteiger partial charge in [0.05, 0.1) is 6.26 Å². The fourth-order valence-electron chi connectivity index (χ4n) is 0.578. The largest absolute Gasteiger partial charge is 0.475 e. The van der Waals surface area contributed by atoms with E-state index in [0.29, 0.717) is 0 Å². The first-order valence-corrected chi connectivity index (χ1v) is 2.73. The molecule has 0 aromatic carbocycles. The molecule has 1 rings (SSSR count). The summed E-state index contributed by atoms with van der Waals surface area (Å²) < 4.78 is 9.36. The van der Waals surface area contributed by atoms with Crippen LogP contribution in [0.4, 0.5) is 0 Å². The van der Waals surface area contributed by atoms with E-state index in [1.54, 1.807) is 0 Å². The fourth-order valence-corrected chi connectivity index (χ4v) is 0.578. The molecule has 1 aliphatic heterocycles. The van der Waals surface area contributed by atoms with E-state index in [1.807, 2.05) is 0 Å². The van der Waals surface area contributed by atoms with Crippen LogP contribution in [0.5, 0.6) is 0 Å². The zero-order valence-corrected chi connectivity index (χ0v) is 5.15. The average Bonchev–Trinajstić information content (AvgIpc) is 2.05. The van der Waals surface area contributed by atoms with Crippen molar-refractivity contribution in [2.24, 2.45) is 0 Å². The molecule has 0 fully saturated rings. The van der Waals surface area contributed by atoms with Crippen LogP contribution >= 0.6 is 0 Å². The quantitative estimate of drug-likeness (QED) is 0.390. The highest BCUT2D eigenvalue weighted by molar-refractivity contribution is 6.27. The Balaban J connectivity index is 2.54. The van der Waals surface area contributed by atoms with Crippen molar-refractivity contribution in [3.05, 3.63) is 12.3 Å². The molecule has 1 atom stereocenters. The summed E-state index contributed by atoms with van der Waals surface area (Å²) >= 11 is 0. The Labute approximate surface area is 57.4 Å². The molecule has 0 aromatic rings. The standard InChI is InChI=1S/C6H6O4/c7-3-5(8)6-1-2-9-4-10-6/h1-3,6H,4H2. The van der Waals surface area contributed by atoms with E-state index < -0.39 is 11.9 Å². The van der Waals surface area contributed by atoms with Crippen LogP contribution in [0.3, 0.4) is 0 Å². The number of carbonyl (C=O) groups is 2. The van der Waals surface area contributed by atoms with Crippen LogP contribution < -0.4 is 0 Å². The van der Waals surface area contributed by atoms with Crippen LogP contribution in [0.1, 0.15) is 0 Å². The molecular weight excluding hydrogens is 136 g/mol. The van der Waals surface area contributed by atoms with Crippen molar-refractivity contribution in [1.82, 2.24) is 0 Å². The number of carbonyl (C=O) groups excluding carboxylic acids is 2. The number of rotatable bonds is 2. The first-order valence-electron chi connectivity index (χ1n) is 2.73. The van der Waals surface area contributed by atoms with Crippen molar-refractivity contribution < 1.29 is 19.1 Å². The summed E-state index contributed by atoms with van der Waals surface area (Å²) in [5.41, 5.74) is 0. The summed E-state index contributed by atoms with van der Waals surface area (Å²) in [5, 5.41) is 0. The van der Waals surface area contributed by atoms with E-state index in [-0.39, 0.29) is 13.1 Å². The number of hydrogen-bond acceptors (Lipinski definition) is 4. The van der Waals surface area contributed by atoms with Crippen molar-refractivity contribution >= 4 is 12.1 Å². The van der Waals surface area contributed by atoms with Gasteiger partial charge in [0, 0.05) is 0 Å². The monoisotopic (exact) mass is 142 g/mol. The van der Waals surface area contributed by atoms with Crippen molar-refractivity contribution in [3.63, 3.8) is 0 Å². The molecule has 0 amide bonds. The maximum Gasteiger partial charge on any atom is 0.228 e. The van der Waals surface area contributed by atoms with Crippen molar-refractivity contribution in [2.75, 3.05) is 6.79 Å². The number of ketones is 1. The topological polar surface area (TPSA) is 52.6 Å². The minimum atomic E-state index is -0.744. The molecule has 10 heavy (non-hydrogen) atoms. The van der Waals surface area contributed by atoms with Crippen LogP contribution in [0.2, 0.25) is 0 Å². The Bertz CT molecular complexity index is 173. The third-order valence-corrected chi connectivity index (χ3v) is 1.06. The molecular formula is C6H6O4. The van der Waals surface area contributed by atoms with Crippen molar-refractivity contribution in [2.45, 2.75) is 6.10 Å². The Kier molecular flexibility index (Phi) is 2.17. The molecule has 4 heteroatoms. The lowest BCUT2D eigenvalue weighted by Crippen LogP contribution is -2.26. The minimum Gasteiger partial charge on any atom is -0.475 e. The fraction of sp³-hybridized carbons (Fsp3) is 0.333. The van der Waals surface area contributed by atoms with Gasteiger partial charge < -0.3 is 9.47 Å². The van der Waals surface area contributed by atoms with E-state index in [0.717, 1.165) is 0 Å². The van der Waals surface area contributed by atoms with Gasteiger partial charge >= 0.3 is 0 Å². The van der Waals surface area contributed by atoms with Crippen LogP contribution in [0.25, 0.3) is 0 Å². The minimum absolute atomic E-state index is 0.0285. The molecule has 0 N–H and O–H groups in total. The summed E-state index contributed by atoms with van der Waals surface area (Å²) in [6, 6.07) is 0. The molecule has 0 radical (unpaired) electrons. The molecule has 0 saturated heterocycles. The maximum atomic E-state index is 10.6. The van der Waals surface area contributed by atoms with Crippen LogP contribution in [0.15, 0.2) is 12.3 Å². The molecule has 0 bridgehead atoms. The predicted molar refractivity (Wildman–Crippen MR) is 31.0 cm³/mol. The molecule has 54 valence electrons. The molecule has 0 aliphatic carbocycles. The van der Waals surface area contributed by atoms with E-state index in [2.05, 4.69) is 4.74 Å². The SMILES string of the molecule is O=CC(=O)C1C=COCO1. The molecule has 1 aliphatic rings. The van der Waals surface area contributed by atoms with Gasteiger partial charge in [-0.2, -0.15) is 0 Å². The van der Waals surface area contributed by atoms with Gasteiger partial charge in [-0.15, -0.1) is 0 Å². The van der Waals surface area contributed by atoms with Gasteiger partial charge in [-0.05, 0) is 6.08 Å². The van der Waals surface area contributed by atoms with Crippen molar-refractivity contribution in [3.8, 4) is 0 Å². The highest BCUT2D eigenvalue weighted by Crippen LogP contribution is 2.01. The zero-order valence-electron chi connectivity index (χ0n) is 5.15. The Morgan fingerprint density at radius 3 is 3.00 bits per heavy atom. The van der Waals surface area contributed by atoms with E-state index in [4.69, 9.17) is 4.74 Å². The molecule has 4 nitrogen and oxygen atoms in total. The number of ether oxygens (including phenoxy) is 2. The van der Waals surface area contributed by atoms with Crippen LogP contribution in [-0.2, 0) is 19.1 Å². The summed E-state index contributed by atoms with van der Waals surface area (Å²) in [7, 11) is 0. The third-order valence-electron chi connectivity index (χ3n) is 1.06. The van der Waals surface area contributed by atoms with E-state index in [9.17, 15) is 9.59 Å². The van der Waals surface area contributed by atoms with Gasteiger partial charge in [-0.25, -0.2) is 0 Å². The zero-order chi connectivity index (χ0) is 7.40. The lowest BCUT2D eigenvalue weighted by molar-refractivity contribution is -0.141. The number of Topliss-reactive ketones (excluding diaryl/α,β-unsaturated/α-hetero) is 1. The second-order valence-electron chi connectivity index (χ2n) is 1.72. The first-order chi connectivity index (χ1) is 4.84. The van der Waals surface area contributed by atoms with Gasteiger partial charge in [0.1, 0.15) is 6.10 Å². The molecule has 1 heterocycles. The van der Waals surface area contributed by atoms with Gasteiger partial charge in [0.25, 0.3) is 0 Å². The third kappa shape index (κ3) is 1.41. The molecule has 0 aromatic heterocycles. The number of hydrogen-bond donors (Lipinski definition) is 0. The second kappa shape index (κ2) is 3.12. The lowest BCUT2D eigenvalue weighted by Gasteiger charge is -2.13. The second-order valence-corrected chi connectivity index (χ2v) is 1.72. The molecule has 1 unspecified atom stereocenters. The van der Waals surface area contributed by atoms with Gasteiger partial charge in [-0.3, -0.25) is 9.59 Å². The van der Waals surface area contributed by atoms with Gasteiger partial charge in [-0.1, -0.05) is 0 Å². The highest BCUT2D eigenvalue weighted by Gasteiger charge is 2.16. The van der Waals surface area contributed by atoms with E-state index in [1.165, 1.54) is 12.3 Å².